The summed E-state index contributed by atoms with van der Waals surface area (Å²) in [6, 6.07) is 16.7. The van der Waals surface area contributed by atoms with E-state index in [1.807, 2.05) is 43.3 Å². The van der Waals surface area contributed by atoms with Crippen molar-refractivity contribution < 1.29 is 14.2 Å². The van der Waals surface area contributed by atoms with Crippen LogP contribution in [0.25, 0.3) is 10.9 Å². The van der Waals surface area contributed by atoms with E-state index in [9.17, 15) is 4.79 Å². The molecule has 28 heavy (non-hydrogen) atoms. The second-order valence-electron chi connectivity index (χ2n) is 6.37. The first-order chi connectivity index (χ1) is 13.6. The summed E-state index contributed by atoms with van der Waals surface area (Å²) < 4.78 is 10.5. The van der Waals surface area contributed by atoms with Crippen molar-refractivity contribution in [2.45, 2.75) is 20.5 Å². The summed E-state index contributed by atoms with van der Waals surface area (Å²) in [6.45, 7) is 3.86. The number of pyridine rings is 1. The Morgan fingerprint density at radius 1 is 1.04 bits per heavy atom. The van der Waals surface area contributed by atoms with E-state index in [0.29, 0.717) is 28.4 Å². The average molecular weight is 374 g/mol. The van der Waals surface area contributed by atoms with Gasteiger partial charge in [-0.1, -0.05) is 40.6 Å². The first-order valence-electron chi connectivity index (χ1n) is 8.79. The zero-order valence-electron chi connectivity index (χ0n) is 15.5. The van der Waals surface area contributed by atoms with Crippen LogP contribution in [-0.2, 0) is 6.61 Å². The Kier molecular flexibility index (Phi) is 4.72. The van der Waals surface area contributed by atoms with Gasteiger partial charge in [-0.25, -0.2) is 4.63 Å². The minimum absolute atomic E-state index is 0.161. The number of hydrogen-bond donors (Lipinski definition) is 1. The Morgan fingerprint density at radius 2 is 1.89 bits per heavy atom. The minimum Gasteiger partial charge on any atom is -0.486 e. The van der Waals surface area contributed by atoms with Crippen molar-refractivity contribution >= 4 is 22.5 Å². The number of rotatable bonds is 5. The number of nitrogens with zero attached hydrogens (tertiary/aromatic N) is 3. The molecular formula is C21H18N4O3. The SMILES string of the molecule is Cc1ccc2cccc(NC(=O)c3ccccc3OCc3nonc3C)c2n1. The summed E-state index contributed by atoms with van der Waals surface area (Å²) in [4.78, 5) is 17.5. The normalized spacial score (nSPS) is 10.8. The number of para-hydroxylation sites is 2. The molecule has 1 amide bonds. The number of carbonyl (C=O) groups excluding carboxylic acids is 1. The summed E-state index contributed by atoms with van der Waals surface area (Å²) >= 11 is 0. The molecule has 140 valence electrons. The number of benzene rings is 2. The highest BCUT2D eigenvalue weighted by molar-refractivity contribution is 6.09. The lowest BCUT2D eigenvalue weighted by molar-refractivity contribution is 0.102. The maximum absolute atomic E-state index is 12.9. The average Bonchev–Trinajstić information content (AvgIpc) is 3.12. The molecule has 2 aromatic heterocycles. The molecular weight excluding hydrogens is 356 g/mol. The van der Waals surface area contributed by atoms with Crippen molar-refractivity contribution in [1.82, 2.24) is 15.3 Å². The smallest absolute Gasteiger partial charge is 0.259 e. The van der Waals surface area contributed by atoms with E-state index in [1.165, 1.54) is 0 Å². The topological polar surface area (TPSA) is 90.1 Å². The zero-order valence-corrected chi connectivity index (χ0v) is 15.5. The van der Waals surface area contributed by atoms with Gasteiger partial charge in [-0.15, -0.1) is 0 Å². The summed E-state index contributed by atoms with van der Waals surface area (Å²) in [5, 5.41) is 11.4. The first-order valence-corrected chi connectivity index (χ1v) is 8.79. The molecule has 0 radical (unpaired) electrons. The van der Waals surface area contributed by atoms with Crippen LogP contribution in [-0.4, -0.2) is 21.2 Å². The first kappa shape index (κ1) is 17.7. The van der Waals surface area contributed by atoms with E-state index in [1.54, 1.807) is 25.1 Å². The second-order valence-corrected chi connectivity index (χ2v) is 6.37. The molecule has 0 aliphatic heterocycles. The summed E-state index contributed by atoms with van der Waals surface area (Å²) in [6.07, 6.45) is 0. The fraction of sp³-hybridized carbons (Fsp3) is 0.143. The van der Waals surface area contributed by atoms with Crippen LogP contribution in [0, 0.1) is 13.8 Å². The van der Waals surface area contributed by atoms with Gasteiger partial charge in [0, 0.05) is 11.1 Å². The maximum Gasteiger partial charge on any atom is 0.259 e. The van der Waals surface area contributed by atoms with Crippen LogP contribution in [0.4, 0.5) is 5.69 Å². The number of aromatic nitrogens is 3. The van der Waals surface area contributed by atoms with Crippen molar-refractivity contribution in [3.8, 4) is 5.75 Å². The van der Waals surface area contributed by atoms with Crippen LogP contribution in [0.2, 0.25) is 0 Å². The number of hydrogen-bond acceptors (Lipinski definition) is 6. The molecule has 0 atom stereocenters. The molecule has 0 saturated carbocycles. The van der Waals surface area contributed by atoms with Crippen LogP contribution in [0.5, 0.6) is 5.75 Å². The van der Waals surface area contributed by atoms with Gasteiger partial charge in [-0.3, -0.25) is 9.78 Å². The molecule has 4 rings (SSSR count). The quantitative estimate of drug-likeness (QED) is 0.566. The number of anilines is 1. The molecule has 0 aliphatic rings. The lowest BCUT2D eigenvalue weighted by Crippen LogP contribution is -2.14. The predicted octanol–water partition coefficient (Wildman–Crippen LogP) is 4.07. The van der Waals surface area contributed by atoms with Crippen molar-refractivity contribution in [3.63, 3.8) is 0 Å². The van der Waals surface area contributed by atoms with Gasteiger partial charge in [-0.2, -0.15) is 0 Å². The van der Waals surface area contributed by atoms with E-state index in [2.05, 4.69) is 25.2 Å². The van der Waals surface area contributed by atoms with Gasteiger partial charge in [0.1, 0.15) is 23.7 Å². The Hall–Kier alpha value is -3.74. The third kappa shape index (κ3) is 3.55. The summed E-state index contributed by atoms with van der Waals surface area (Å²) in [5.41, 5.74) is 3.94. The van der Waals surface area contributed by atoms with E-state index < -0.39 is 0 Å². The van der Waals surface area contributed by atoms with Gasteiger partial charge in [0.25, 0.3) is 5.91 Å². The third-order valence-corrected chi connectivity index (χ3v) is 4.35. The third-order valence-electron chi connectivity index (χ3n) is 4.35. The Bertz CT molecular complexity index is 1150. The van der Waals surface area contributed by atoms with Crippen LogP contribution < -0.4 is 10.1 Å². The van der Waals surface area contributed by atoms with Gasteiger partial charge >= 0.3 is 0 Å². The fourth-order valence-corrected chi connectivity index (χ4v) is 2.84. The molecule has 0 bridgehead atoms. The number of amides is 1. The van der Waals surface area contributed by atoms with Gasteiger partial charge in [-0.05, 0) is 38.1 Å². The maximum atomic E-state index is 12.9. The van der Waals surface area contributed by atoms with Crippen molar-refractivity contribution in [2.24, 2.45) is 0 Å². The Balaban J connectivity index is 1.59. The number of ether oxygens (including phenoxy) is 1. The summed E-state index contributed by atoms with van der Waals surface area (Å²) in [7, 11) is 0. The molecule has 2 heterocycles. The molecule has 7 nitrogen and oxygen atoms in total. The molecule has 0 aliphatic carbocycles. The van der Waals surface area contributed by atoms with Crippen molar-refractivity contribution in [1.29, 1.82) is 0 Å². The monoisotopic (exact) mass is 374 g/mol. The van der Waals surface area contributed by atoms with Gasteiger partial charge in [0.05, 0.1) is 16.8 Å². The molecule has 2 aromatic carbocycles. The van der Waals surface area contributed by atoms with Crippen LogP contribution in [0.15, 0.2) is 59.2 Å². The molecule has 0 saturated heterocycles. The summed E-state index contributed by atoms with van der Waals surface area (Å²) in [5.74, 6) is 0.174. The lowest BCUT2D eigenvalue weighted by Gasteiger charge is -2.12. The van der Waals surface area contributed by atoms with E-state index in [0.717, 1.165) is 16.6 Å². The second kappa shape index (κ2) is 7.48. The van der Waals surface area contributed by atoms with E-state index in [4.69, 9.17) is 4.74 Å². The molecule has 0 unspecified atom stereocenters. The zero-order chi connectivity index (χ0) is 19.5. The predicted molar refractivity (Wildman–Crippen MR) is 104 cm³/mol. The number of nitrogens with one attached hydrogen (secondary N) is 1. The lowest BCUT2D eigenvalue weighted by atomic mass is 10.1. The Labute approximate surface area is 161 Å². The van der Waals surface area contributed by atoms with E-state index >= 15 is 0 Å². The minimum atomic E-state index is -0.276. The van der Waals surface area contributed by atoms with Gasteiger partial charge < -0.3 is 10.1 Å². The standard InChI is InChI=1S/C21H18N4O3/c1-13-10-11-15-6-5-8-17(20(15)22-13)23-21(26)16-7-3-4-9-19(16)27-12-18-14(2)24-28-25-18/h3-11H,12H2,1-2H3,(H,23,26). The van der Waals surface area contributed by atoms with Crippen LogP contribution in [0.3, 0.4) is 0 Å². The van der Waals surface area contributed by atoms with Gasteiger partial charge in [0.15, 0.2) is 0 Å². The number of aryl methyl sites for hydroxylation is 2. The van der Waals surface area contributed by atoms with E-state index in [-0.39, 0.29) is 12.5 Å². The number of fused-ring (bicyclic) bond motifs is 1. The van der Waals surface area contributed by atoms with Gasteiger partial charge in [0.2, 0.25) is 0 Å². The highest BCUT2D eigenvalue weighted by Gasteiger charge is 2.15. The molecule has 0 spiro atoms. The molecule has 0 fully saturated rings. The largest absolute Gasteiger partial charge is 0.486 e. The molecule has 1 N–H and O–H groups in total. The van der Waals surface area contributed by atoms with Crippen LogP contribution >= 0.6 is 0 Å². The van der Waals surface area contributed by atoms with Crippen LogP contribution in [0.1, 0.15) is 27.4 Å². The fourth-order valence-electron chi connectivity index (χ4n) is 2.84. The Morgan fingerprint density at radius 3 is 2.71 bits per heavy atom. The highest BCUT2D eigenvalue weighted by atomic mass is 16.6. The number of carbonyl (C=O) groups is 1. The molecule has 4 aromatic rings. The van der Waals surface area contributed by atoms with Crippen molar-refractivity contribution in [2.75, 3.05) is 5.32 Å². The molecule has 7 heteroatoms. The van der Waals surface area contributed by atoms with Crippen molar-refractivity contribution in [3.05, 3.63) is 77.2 Å². The highest BCUT2D eigenvalue weighted by Crippen LogP contribution is 2.25.